The lowest BCUT2D eigenvalue weighted by atomic mass is 9.90. The predicted molar refractivity (Wildman–Crippen MR) is 59.2 cm³/mol. The minimum atomic E-state index is 0.162. The highest BCUT2D eigenvalue weighted by Gasteiger charge is 2.19. The van der Waals surface area contributed by atoms with Gasteiger partial charge >= 0.3 is 0 Å². The van der Waals surface area contributed by atoms with E-state index in [1.165, 1.54) is 5.56 Å². The van der Waals surface area contributed by atoms with Crippen molar-refractivity contribution in [3.05, 3.63) is 23.8 Å². The summed E-state index contributed by atoms with van der Waals surface area (Å²) in [4.78, 5) is 0. The molecule has 3 heteroatoms. The minimum absolute atomic E-state index is 0.162. The summed E-state index contributed by atoms with van der Waals surface area (Å²) in [7, 11) is 0. The van der Waals surface area contributed by atoms with Crippen molar-refractivity contribution in [2.45, 2.75) is 32.2 Å². The molecule has 2 atom stereocenters. The number of rotatable bonds is 3. The third kappa shape index (κ3) is 1.92. The van der Waals surface area contributed by atoms with Gasteiger partial charge < -0.3 is 15.2 Å². The Labute approximate surface area is 90.2 Å². The van der Waals surface area contributed by atoms with Crippen LogP contribution < -0.4 is 15.2 Å². The fourth-order valence-corrected chi connectivity index (χ4v) is 2.05. The molecule has 0 saturated heterocycles. The molecule has 0 bridgehead atoms. The van der Waals surface area contributed by atoms with Crippen LogP contribution in [-0.4, -0.2) is 12.8 Å². The molecular weight excluding hydrogens is 190 g/mol. The lowest BCUT2D eigenvalue weighted by Gasteiger charge is -2.19. The maximum atomic E-state index is 5.95. The summed E-state index contributed by atoms with van der Waals surface area (Å²) in [5.74, 6) is 2.06. The molecule has 0 spiro atoms. The van der Waals surface area contributed by atoms with Gasteiger partial charge in [-0.05, 0) is 37.0 Å². The topological polar surface area (TPSA) is 44.5 Å². The van der Waals surface area contributed by atoms with E-state index in [0.29, 0.717) is 12.7 Å². The molecule has 0 aromatic heterocycles. The van der Waals surface area contributed by atoms with Crippen molar-refractivity contribution in [2.75, 3.05) is 6.79 Å². The number of ether oxygens (including phenoxy) is 2. The van der Waals surface area contributed by atoms with Crippen molar-refractivity contribution < 1.29 is 9.47 Å². The smallest absolute Gasteiger partial charge is 0.231 e. The summed E-state index contributed by atoms with van der Waals surface area (Å²) >= 11 is 0. The Morgan fingerprint density at radius 2 is 2.07 bits per heavy atom. The molecule has 2 unspecified atom stereocenters. The molecule has 82 valence electrons. The molecule has 2 rings (SSSR count). The van der Waals surface area contributed by atoms with Gasteiger partial charge in [0, 0.05) is 6.04 Å². The predicted octanol–water partition coefficient (Wildman–Crippen LogP) is 2.26. The highest BCUT2D eigenvalue weighted by atomic mass is 16.7. The van der Waals surface area contributed by atoms with E-state index < -0.39 is 0 Å². The first-order valence-corrected chi connectivity index (χ1v) is 5.37. The van der Waals surface area contributed by atoms with Gasteiger partial charge in [0.2, 0.25) is 6.79 Å². The molecule has 1 aliphatic rings. The Hall–Kier alpha value is -1.22. The van der Waals surface area contributed by atoms with Crippen LogP contribution in [0.15, 0.2) is 18.2 Å². The average molecular weight is 207 g/mol. The maximum Gasteiger partial charge on any atom is 0.231 e. The third-order valence-corrected chi connectivity index (χ3v) is 2.90. The van der Waals surface area contributed by atoms with Gasteiger partial charge in [0.15, 0.2) is 11.5 Å². The molecule has 0 aliphatic carbocycles. The number of fused-ring (bicyclic) bond motifs is 1. The van der Waals surface area contributed by atoms with Gasteiger partial charge in [-0.1, -0.05) is 13.0 Å². The van der Waals surface area contributed by atoms with Crippen LogP contribution in [0.5, 0.6) is 11.5 Å². The zero-order valence-electron chi connectivity index (χ0n) is 9.19. The molecule has 15 heavy (non-hydrogen) atoms. The first-order chi connectivity index (χ1) is 7.22. The van der Waals surface area contributed by atoms with E-state index in [-0.39, 0.29) is 6.04 Å². The van der Waals surface area contributed by atoms with Gasteiger partial charge in [-0.3, -0.25) is 0 Å². The molecule has 0 amide bonds. The van der Waals surface area contributed by atoms with E-state index in [4.69, 9.17) is 15.2 Å². The number of benzene rings is 1. The molecule has 1 aromatic rings. The Kier molecular flexibility index (Phi) is 2.82. The van der Waals surface area contributed by atoms with Crippen molar-refractivity contribution in [3.63, 3.8) is 0 Å². The SMILES string of the molecule is CCC(c1ccc2c(c1)OCO2)C(C)N. The standard InChI is InChI=1S/C12H17NO2/c1-3-10(8(2)13)9-4-5-11-12(6-9)15-7-14-11/h4-6,8,10H,3,7,13H2,1-2H3. The Morgan fingerprint density at radius 3 is 2.73 bits per heavy atom. The maximum absolute atomic E-state index is 5.95. The van der Waals surface area contributed by atoms with Crippen LogP contribution in [-0.2, 0) is 0 Å². The summed E-state index contributed by atoms with van der Waals surface area (Å²) in [6.45, 7) is 4.52. The van der Waals surface area contributed by atoms with Crippen LogP contribution in [0, 0.1) is 0 Å². The number of hydrogen-bond acceptors (Lipinski definition) is 3. The second kappa shape index (κ2) is 4.11. The Balaban J connectivity index is 2.28. The Bertz CT molecular complexity index is 349. The van der Waals surface area contributed by atoms with Gasteiger partial charge in [-0.2, -0.15) is 0 Å². The van der Waals surface area contributed by atoms with Crippen molar-refractivity contribution in [1.29, 1.82) is 0 Å². The van der Waals surface area contributed by atoms with Crippen molar-refractivity contribution in [3.8, 4) is 11.5 Å². The van der Waals surface area contributed by atoms with Gasteiger partial charge in [-0.15, -0.1) is 0 Å². The summed E-state index contributed by atoms with van der Waals surface area (Å²) in [6, 6.07) is 6.24. The van der Waals surface area contributed by atoms with E-state index in [2.05, 4.69) is 13.0 Å². The zero-order valence-corrected chi connectivity index (χ0v) is 9.19. The van der Waals surface area contributed by atoms with Gasteiger partial charge in [0.25, 0.3) is 0 Å². The largest absolute Gasteiger partial charge is 0.454 e. The van der Waals surface area contributed by atoms with Crippen LogP contribution in [0.25, 0.3) is 0 Å². The first-order valence-electron chi connectivity index (χ1n) is 5.37. The van der Waals surface area contributed by atoms with E-state index in [1.54, 1.807) is 0 Å². The lowest BCUT2D eigenvalue weighted by Crippen LogP contribution is -2.24. The van der Waals surface area contributed by atoms with Crippen molar-refractivity contribution in [1.82, 2.24) is 0 Å². The van der Waals surface area contributed by atoms with Gasteiger partial charge in [0.1, 0.15) is 0 Å². The minimum Gasteiger partial charge on any atom is -0.454 e. The van der Waals surface area contributed by atoms with E-state index in [9.17, 15) is 0 Å². The normalized spacial score (nSPS) is 17.5. The molecule has 0 saturated carbocycles. The monoisotopic (exact) mass is 207 g/mol. The molecular formula is C12H17NO2. The quantitative estimate of drug-likeness (QED) is 0.826. The summed E-state index contributed by atoms with van der Waals surface area (Å²) in [5.41, 5.74) is 7.19. The highest BCUT2D eigenvalue weighted by molar-refractivity contribution is 5.45. The third-order valence-electron chi connectivity index (χ3n) is 2.90. The average Bonchev–Trinajstić information content (AvgIpc) is 2.65. The number of nitrogens with two attached hydrogens (primary N) is 1. The van der Waals surface area contributed by atoms with Crippen LogP contribution in [0.3, 0.4) is 0 Å². The van der Waals surface area contributed by atoms with Crippen molar-refractivity contribution >= 4 is 0 Å². The first kappa shape index (κ1) is 10.3. The molecule has 0 fully saturated rings. The zero-order chi connectivity index (χ0) is 10.8. The van der Waals surface area contributed by atoms with E-state index >= 15 is 0 Å². The summed E-state index contributed by atoms with van der Waals surface area (Å²) < 4.78 is 10.6. The molecule has 2 N–H and O–H groups in total. The molecule has 1 heterocycles. The van der Waals surface area contributed by atoms with Gasteiger partial charge in [0.05, 0.1) is 0 Å². The van der Waals surface area contributed by atoms with Crippen molar-refractivity contribution in [2.24, 2.45) is 5.73 Å². The second-order valence-corrected chi connectivity index (χ2v) is 3.99. The molecule has 1 aromatic carbocycles. The summed E-state index contributed by atoms with van der Waals surface area (Å²) in [6.07, 6.45) is 1.04. The highest BCUT2D eigenvalue weighted by Crippen LogP contribution is 2.35. The Morgan fingerprint density at radius 1 is 1.33 bits per heavy atom. The van der Waals surface area contributed by atoms with E-state index in [1.807, 2.05) is 19.1 Å². The van der Waals surface area contributed by atoms with Gasteiger partial charge in [-0.25, -0.2) is 0 Å². The lowest BCUT2D eigenvalue weighted by molar-refractivity contribution is 0.174. The molecule has 3 nitrogen and oxygen atoms in total. The molecule has 1 aliphatic heterocycles. The van der Waals surface area contributed by atoms with Crippen LogP contribution >= 0.6 is 0 Å². The van der Waals surface area contributed by atoms with Crippen LogP contribution in [0.2, 0.25) is 0 Å². The van der Waals surface area contributed by atoms with Crippen LogP contribution in [0.4, 0.5) is 0 Å². The fourth-order valence-electron chi connectivity index (χ4n) is 2.05. The van der Waals surface area contributed by atoms with E-state index in [0.717, 1.165) is 17.9 Å². The summed E-state index contributed by atoms with van der Waals surface area (Å²) in [5, 5.41) is 0. The second-order valence-electron chi connectivity index (χ2n) is 3.99. The fraction of sp³-hybridized carbons (Fsp3) is 0.500. The van der Waals surface area contributed by atoms with Crippen LogP contribution in [0.1, 0.15) is 31.7 Å². The number of hydrogen-bond donors (Lipinski definition) is 1. The molecule has 0 radical (unpaired) electrons.